The smallest absolute Gasteiger partial charge is 0.204 e. The molecule has 36 heavy (non-hydrogen) atoms. The Hall–Kier alpha value is -1.14. The van der Waals surface area contributed by atoms with E-state index < -0.39 is 91.7 Å². The molecule has 0 fully saturated rings. The quantitative estimate of drug-likeness (QED) is 0.175. The summed E-state index contributed by atoms with van der Waals surface area (Å²) in [5.74, 6) is -71.9. The standard InChI is InChI=1S/C12F23I/c13-1(3(14,15)5(18,19)9(26,27)11(30,31)32)2(36)4(16,17)6(20,21)7(22,23)8(24,25)10(28,29)12(33,34)35. The predicted molar refractivity (Wildman–Crippen MR) is 73.8 cm³/mol. The van der Waals surface area contributed by atoms with Crippen LogP contribution >= 0.6 is 22.6 Å². The van der Waals surface area contributed by atoms with Gasteiger partial charge >= 0.3 is 59.7 Å². The molecule has 24 heteroatoms. The minimum Gasteiger partial charge on any atom is -0.204 e. The summed E-state index contributed by atoms with van der Waals surface area (Å²) in [5.41, 5.74) is 0. The highest BCUT2D eigenvalue weighted by Gasteiger charge is 2.91. The summed E-state index contributed by atoms with van der Waals surface area (Å²) in [4.78, 5) is 0. The highest BCUT2D eigenvalue weighted by Crippen LogP contribution is 2.63. The molecule has 0 aromatic carbocycles. The second-order valence-electron chi connectivity index (χ2n) is 6.22. The van der Waals surface area contributed by atoms with E-state index in [4.69, 9.17) is 0 Å². The Labute approximate surface area is 193 Å². The number of allylic oxidation sites excluding steroid dienone is 2. The number of alkyl halides is 22. The fourth-order valence-corrected chi connectivity index (χ4v) is 2.37. The van der Waals surface area contributed by atoms with E-state index in [2.05, 4.69) is 0 Å². The van der Waals surface area contributed by atoms with Crippen LogP contribution in [0.3, 0.4) is 0 Å². The SMILES string of the molecule is FC(=C(I)C(F)(F)C(F)(F)C(F)(F)C(F)(F)C(F)(F)C(F)(F)F)C(F)(F)C(F)(F)C(F)(F)C(F)(F)F. The minimum atomic E-state index is -8.74. The van der Waals surface area contributed by atoms with Crippen LogP contribution in [0, 0.1) is 0 Å². The minimum absolute atomic E-state index is 1.20. The van der Waals surface area contributed by atoms with E-state index >= 15 is 0 Å². The topological polar surface area (TPSA) is 0 Å². The van der Waals surface area contributed by atoms with Crippen molar-refractivity contribution < 1.29 is 101 Å². The molecule has 0 aliphatic rings. The van der Waals surface area contributed by atoms with E-state index in [9.17, 15) is 101 Å². The summed E-state index contributed by atoms with van der Waals surface area (Å²) in [7, 11) is 0. The second-order valence-corrected chi connectivity index (χ2v) is 7.30. The molecule has 0 nitrogen and oxygen atoms in total. The lowest BCUT2D eigenvalue weighted by Gasteiger charge is -2.40. The Morgan fingerprint density at radius 3 is 0.833 bits per heavy atom. The average Bonchev–Trinajstić information content (AvgIpc) is 2.63. The first-order chi connectivity index (χ1) is 15.1. The first kappa shape index (κ1) is 34.9. The van der Waals surface area contributed by atoms with Crippen LogP contribution in [0.5, 0.6) is 0 Å². The molecular formula is C12F23I. The zero-order valence-corrected chi connectivity index (χ0v) is 17.2. The largest absolute Gasteiger partial charge is 0.460 e. The van der Waals surface area contributed by atoms with E-state index in [1.165, 1.54) is 0 Å². The molecule has 0 spiro atoms. The molecule has 0 saturated heterocycles. The van der Waals surface area contributed by atoms with Crippen molar-refractivity contribution in [3.63, 3.8) is 0 Å². The zero-order chi connectivity index (χ0) is 30.2. The molecule has 0 aromatic rings. The molecular weight excluding hydrogens is 708 g/mol. The molecule has 0 aliphatic heterocycles. The molecule has 0 amide bonds. The van der Waals surface area contributed by atoms with Crippen molar-refractivity contribution in [2.24, 2.45) is 0 Å². The third-order valence-electron chi connectivity index (χ3n) is 3.82. The molecule has 0 radical (unpaired) electrons. The summed E-state index contributed by atoms with van der Waals surface area (Å²) in [6.45, 7) is 0. The van der Waals surface area contributed by atoms with Crippen molar-refractivity contribution in [2.75, 3.05) is 0 Å². The predicted octanol–water partition coefficient (Wildman–Crippen LogP) is 8.81. The molecule has 0 rings (SSSR count). The maximum Gasteiger partial charge on any atom is 0.460 e. The Kier molecular flexibility index (Phi) is 8.42. The van der Waals surface area contributed by atoms with Gasteiger partial charge in [-0.1, -0.05) is 0 Å². The van der Waals surface area contributed by atoms with Gasteiger partial charge in [0.15, 0.2) is 5.83 Å². The van der Waals surface area contributed by atoms with Crippen molar-refractivity contribution in [3.05, 3.63) is 9.41 Å². The summed E-state index contributed by atoms with van der Waals surface area (Å²) in [5, 5.41) is 0. The van der Waals surface area contributed by atoms with Gasteiger partial charge in [0.1, 0.15) is 3.58 Å². The van der Waals surface area contributed by atoms with Crippen LogP contribution in [0.15, 0.2) is 9.41 Å². The first-order valence-corrected chi connectivity index (χ1v) is 8.36. The molecule has 0 heterocycles. The number of hydrogen-bond acceptors (Lipinski definition) is 0. The van der Waals surface area contributed by atoms with Gasteiger partial charge in [-0.3, -0.25) is 0 Å². The fraction of sp³-hybridized carbons (Fsp3) is 0.833. The molecule has 0 bridgehead atoms. The van der Waals surface area contributed by atoms with Gasteiger partial charge in [0.2, 0.25) is 0 Å². The second kappa shape index (κ2) is 8.69. The molecule has 0 saturated carbocycles. The summed E-state index contributed by atoms with van der Waals surface area (Å²) < 4.78 is 291. The van der Waals surface area contributed by atoms with E-state index in [0.29, 0.717) is 0 Å². The lowest BCUT2D eigenvalue weighted by molar-refractivity contribution is -0.436. The van der Waals surface area contributed by atoms with E-state index in [0.717, 1.165) is 0 Å². The molecule has 0 aliphatic carbocycles. The molecule has 0 unspecified atom stereocenters. The average molecular weight is 708 g/mol. The van der Waals surface area contributed by atoms with Gasteiger partial charge in [-0.25, -0.2) is 4.39 Å². The van der Waals surface area contributed by atoms with Gasteiger partial charge in [-0.15, -0.1) is 0 Å². The Morgan fingerprint density at radius 1 is 0.333 bits per heavy atom. The molecule has 0 N–H and O–H groups in total. The van der Waals surface area contributed by atoms with Crippen LogP contribution in [-0.2, 0) is 0 Å². The van der Waals surface area contributed by atoms with E-state index in [-0.39, 0.29) is 0 Å². The monoisotopic (exact) mass is 708 g/mol. The van der Waals surface area contributed by atoms with Crippen LogP contribution in [0.2, 0.25) is 0 Å². The van der Waals surface area contributed by atoms with E-state index in [1.54, 1.807) is 0 Å². The van der Waals surface area contributed by atoms with Crippen LogP contribution in [0.4, 0.5) is 101 Å². The number of halogens is 24. The van der Waals surface area contributed by atoms with Crippen molar-refractivity contribution in [1.29, 1.82) is 0 Å². The van der Waals surface area contributed by atoms with E-state index in [1.807, 2.05) is 0 Å². The van der Waals surface area contributed by atoms with Crippen LogP contribution in [0.1, 0.15) is 0 Å². The van der Waals surface area contributed by atoms with Crippen molar-refractivity contribution in [2.45, 2.75) is 59.7 Å². The summed E-state index contributed by atoms with van der Waals surface area (Å²) >= 11 is -1.20. The van der Waals surface area contributed by atoms with Gasteiger partial charge in [-0.05, 0) is 22.6 Å². The maximum atomic E-state index is 13.6. The normalized spacial score (nSPS) is 17.3. The van der Waals surface area contributed by atoms with Gasteiger partial charge < -0.3 is 0 Å². The highest BCUT2D eigenvalue weighted by molar-refractivity contribution is 14.1. The number of rotatable bonds is 8. The van der Waals surface area contributed by atoms with Gasteiger partial charge in [0, 0.05) is 0 Å². The van der Waals surface area contributed by atoms with Gasteiger partial charge in [0.05, 0.1) is 0 Å². The maximum absolute atomic E-state index is 13.6. The number of hydrogen-bond donors (Lipinski definition) is 0. The van der Waals surface area contributed by atoms with Gasteiger partial charge in [0.25, 0.3) is 0 Å². The molecule has 216 valence electrons. The zero-order valence-electron chi connectivity index (χ0n) is 15.1. The highest BCUT2D eigenvalue weighted by atomic mass is 127. The summed E-state index contributed by atoms with van der Waals surface area (Å²) in [6, 6.07) is 0. The van der Waals surface area contributed by atoms with Crippen molar-refractivity contribution in [1.82, 2.24) is 0 Å². The first-order valence-electron chi connectivity index (χ1n) is 7.29. The third-order valence-corrected chi connectivity index (χ3v) is 4.97. The molecule has 0 aromatic heterocycles. The lowest BCUT2D eigenvalue weighted by Crippen LogP contribution is -2.70. The molecule has 0 atom stereocenters. The Balaban J connectivity index is 7.12. The lowest BCUT2D eigenvalue weighted by atomic mass is 9.92. The van der Waals surface area contributed by atoms with Crippen molar-refractivity contribution >= 4 is 22.6 Å². The van der Waals surface area contributed by atoms with Crippen molar-refractivity contribution in [3.8, 4) is 0 Å². The van der Waals surface area contributed by atoms with Crippen LogP contribution < -0.4 is 0 Å². The summed E-state index contributed by atoms with van der Waals surface area (Å²) in [6.07, 6.45) is -15.7. The Bertz CT molecular complexity index is 853. The third kappa shape index (κ3) is 4.42. The fourth-order valence-electron chi connectivity index (χ4n) is 1.70. The van der Waals surface area contributed by atoms with Crippen LogP contribution in [-0.4, -0.2) is 59.7 Å². The van der Waals surface area contributed by atoms with Gasteiger partial charge in [-0.2, -0.15) is 96.6 Å². The Morgan fingerprint density at radius 2 is 0.556 bits per heavy atom. The van der Waals surface area contributed by atoms with Crippen LogP contribution in [0.25, 0.3) is 0 Å².